The van der Waals surface area contributed by atoms with Crippen LogP contribution in [0.1, 0.15) is 44.9 Å². The minimum absolute atomic E-state index is 0.473. The Morgan fingerprint density at radius 3 is 2.54 bits per heavy atom. The smallest absolute Gasteiger partial charge is 0.00823 e. The van der Waals surface area contributed by atoms with E-state index in [0.717, 1.165) is 12.0 Å². The summed E-state index contributed by atoms with van der Waals surface area (Å²) in [5.74, 6) is 1.04. The molecule has 0 bridgehead atoms. The quantitative estimate of drug-likeness (QED) is 0.693. The van der Waals surface area contributed by atoms with E-state index in [1.165, 1.54) is 51.5 Å². The summed E-state index contributed by atoms with van der Waals surface area (Å²) in [5.41, 5.74) is 5.85. The Hall–Kier alpha value is -0.0800. The SMILES string of the molecule is NC1CCC(NCCC2CCC2)C1. The number of nitrogens with two attached hydrogens (primary N) is 1. The zero-order valence-corrected chi connectivity index (χ0v) is 8.47. The van der Waals surface area contributed by atoms with E-state index in [-0.39, 0.29) is 0 Å². The van der Waals surface area contributed by atoms with Crippen LogP contribution in [0.5, 0.6) is 0 Å². The molecule has 0 aliphatic heterocycles. The van der Waals surface area contributed by atoms with E-state index < -0.39 is 0 Å². The van der Waals surface area contributed by atoms with E-state index in [1.54, 1.807) is 0 Å². The molecule has 2 aliphatic carbocycles. The van der Waals surface area contributed by atoms with Gasteiger partial charge in [-0.05, 0) is 38.1 Å². The van der Waals surface area contributed by atoms with Gasteiger partial charge in [-0.1, -0.05) is 19.3 Å². The molecule has 0 aromatic rings. The Morgan fingerprint density at radius 2 is 2.00 bits per heavy atom. The van der Waals surface area contributed by atoms with E-state index in [2.05, 4.69) is 5.32 Å². The van der Waals surface area contributed by atoms with Crippen LogP contribution in [0.3, 0.4) is 0 Å². The average molecular weight is 182 g/mol. The molecule has 76 valence electrons. The van der Waals surface area contributed by atoms with Crippen molar-refractivity contribution in [2.45, 2.75) is 57.0 Å². The monoisotopic (exact) mass is 182 g/mol. The molecule has 3 N–H and O–H groups in total. The molecule has 0 heterocycles. The number of nitrogens with one attached hydrogen (secondary N) is 1. The summed E-state index contributed by atoms with van der Waals surface area (Å²) < 4.78 is 0. The Labute approximate surface area is 81.3 Å². The maximum Gasteiger partial charge on any atom is 0.00823 e. The van der Waals surface area contributed by atoms with Gasteiger partial charge in [0.1, 0.15) is 0 Å². The molecule has 2 aliphatic rings. The van der Waals surface area contributed by atoms with Crippen LogP contribution in [0.4, 0.5) is 0 Å². The highest BCUT2D eigenvalue weighted by atomic mass is 14.9. The summed E-state index contributed by atoms with van der Waals surface area (Å²) >= 11 is 0. The van der Waals surface area contributed by atoms with Gasteiger partial charge in [0.05, 0.1) is 0 Å². The molecule has 2 heteroatoms. The first-order chi connectivity index (χ1) is 6.34. The van der Waals surface area contributed by atoms with E-state index in [9.17, 15) is 0 Å². The van der Waals surface area contributed by atoms with E-state index in [4.69, 9.17) is 5.73 Å². The third kappa shape index (κ3) is 2.68. The van der Waals surface area contributed by atoms with Gasteiger partial charge < -0.3 is 11.1 Å². The molecule has 0 saturated heterocycles. The molecule has 0 radical (unpaired) electrons. The third-order valence-corrected chi connectivity index (χ3v) is 3.68. The number of hydrogen-bond donors (Lipinski definition) is 2. The van der Waals surface area contributed by atoms with Crippen LogP contribution in [-0.4, -0.2) is 18.6 Å². The minimum Gasteiger partial charge on any atom is -0.328 e. The molecule has 2 rings (SSSR count). The molecule has 2 atom stereocenters. The molecule has 2 saturated carbocycles. The lowest BCUT2D eigenvalue weighted by Gasteiger charge is -2.26. The summed E-state index contributed by atoms with van der Waals surface area (Å²) in [6, 6.07) is 1.20. The fraction of sp³-hybridized carbons (Fsp3) is 1.00. The molecular formula is C11H22N2. The molecule has 0 aromatic heterocycles. The number of hydrogen-bond acceptors (Lipinski definition) is 2. The molecule has 2 nitrogen and oxygen atoms in total. The third-order valence-electron chi connectivity index (χ3n) is 3.68. The molecule has 0 spiro atoms. The minimum atomic E-state index is 0.473. The summed E-state index contributed by atoms with van der Waals surface area (Å²) in [4.78, 5) is 0. The van der Waals surface area contributed by atoms with Crippen LogP contribution in [0, 0.1) is 5.92 Å². The summed E-state index contributed by atoms with van der Waals surface area (Å²) in [6.45, 7) is 1.22. The fourth-order valence-corrected chi connectivity index (χ4v) is 2.47. The van der Waals surface area contributed by atoms with Crippen molar-refractivity contribution in [2.24, 2.45) is 11.7 Å². The predicted molar refractivity (Wildman–Crippen MR) is 55.6 cm³/mol. The van der Waals surface area contributed by atoms with Crippen molar-refractivity contribution in [1.82, 2.24) is 5.32 Å². The molecule has 2 fully saturated rings. The predicted octanol–water partition coefficient (Wildman–Crippen LogP) is 1.65. The first kappa shape index (κ1) is 9.47. The van der Waals surface area contributed by atoms with Crippen LogP contribution in [0.25, 0.3) is 0 Å². The van der Waals surface area contributed by atoms with Crippen LogP contribution >= 0.6 is 0 Å². The second-order valence-electron chi connectivity index (χ2n) is 4.81. The van der Waals surface area contributed by atoms with Gasteiger partial charge in [-0.2, -0.15) is 0 Å². The lowest BCUT2D eigenvalue weighted by molar-refractivity contribution is 0.287. The van der Waals surface area contributed by atoms with Crippen molar-refractivity contribution in [3.63, 3.8) is 0 Å². The van der Waals surface area contributed by atoms with E-state index >= 15 is 0 Å². The molecule has 2 unspecified atom stereocenters. The van der Waals surface area contributed by atoms with Gasteiger partial charge in [-0.25, -0.2) is 0 Å². The Morgan fingerprint density at radius 1 is 1.15 bits per heavy atom. The van der Waals surface area contributed by atoms with Gasteiger partial charge >= 0.3 is 0 Å². The van der Waals surface area contributed by atoms with Crippen molar-refractivity contribution < 1.29 is 0 Å². The van der Waals surface area contributed by atoms with Gasteiger partial charge in [0, 0.05) is 12.1 Å². The topological polar surface area (TPSA) is 38.0 Å². The van der Waals surface area contributed by atoms with Crippen LogP contribution in [-0.2, 0) is 0 Å². The van der Waals surface area contributed by atoms with Crippen molar-refractivity contribution in [3.8, 4) is 0 Å². The normalized spacial score (nSPS) is 34.8. The van der Waals surface area contributed by atoms with Crippen LogP contribution in [0.2, 0.25) is 0 Å². The number of rotatable bonds is 4. The molecule has 0 amide bonds. The summed E-state index contributed by atoms with van der Waals surface area (Å²) in [5, 5.41) is 3.63. The average Bonchev–Trinajstić information content (AvgIpc) is 2.42. The second-order valence-corrected chi connectivity index (χ2v) is 4.81. The largest absolute Gasteiger partial charge is 0.328 e. The zero-order chi connectivity index (χ0) is 9.10. The molecule has 13 heavy (non-hydrogen) atoms. The Kier molecular flexibility index (Phi) is 3.23. The standard InChI is InChI=1S/C11H22N2/c12-10-4-5-11(8-10)13-7-6-9-2-1-3-9/h9-11,13H,1-8,12H2. The first-order valence-electron chi connectivity index (χ1n) is 5.83. The highest BCUT2D eigenvalue weighted by Gasteiger charge is 2.22. The Bertz CT molecular complexity index is 154. The van der Waals surface area contributed by atoms with Crippen LogP contribution < -0.4 is 11.1 Å². The maximum atomic E-state index is 5.85. The van der Waals surface area contributed by atoms with E-state index in [0.29, 0.717) is 6.04 Å². The van der Waals surface area contributed by atoms with Gasteiger partial charge in [-0.3, -0.25) is 0 Å². The van der Waals surface area contributed by atoms with Gasteiger partial charge in [0.2, 0.25) is 0 Å². The maximum absolute atomic E-state index is 5.85. The zero-order valence-electron chi connectivity index (χ0n) is 8.47. The summed E-state index contributed by atoms with van der Waals surface area (Å²) in [6.07, 6.45) is 9.54. The lowest BCUT2D eigenvalue weighted by atomic mass is 9.83. The highest BCUT2D eigenvalue weighted by Crippen LogP contribution is 2.29. The molecule has 0 aromatic carbocycles. The van der Waals surface area contributed by atoms with Gasteiger partial charge in [0.25, 0.3) is 0 Å². The van der Waals surface area contributed by atoms with Crippen molar-refractivity contribution >= 4 is 0 Å². The lowest BCUT2D eigenvalue weighted by Crippen LogP contribution is -2.31. The van der Waals surface area contributed by atoms with Gasteiger partial charge in [-0.15, -0.1) is 0 Å². The van der Waals surface area contributed by atoms with Gasteiger partial charge in [0.15, 0.2) is 0 Å². The van der Waals surface area contributed by atoms with Crippen LogP contribution in [0.15, 0.2) is 0 Å². The second kappa shape index (κ2) is 4.43. The highest BCUT2D eigenvalue weighted by molar-refractivity contribution is 4.83. The fourth-order valence-electron chi connectivity index (χ4n) is 2.47. The summed E-state index contributed by atoms with van der Waals surface area (Å²) in [7, 11) is 0. The molecular weight excluding hydrogens is 160 g/mol. The Balaban J connectivity index is 1.52. The van der Waals surface area contributed by atoms with Crippen molar-refractivity contribution in [2.75, 3.05) is 6.54 Å². The van der Waals surface area contributed by atoms with E-state index in [1.807, 2.05) is 0 Å². The first-order valence-corrected chi connectivity index (χ1v) is 5.83. The van der Waals surface area contributed by atoms with Crippen molar-refractivity contribution in [3.05, 3.63) is 0 Å². The van der Waals surface area contributed by atoms with Crippen molar-refractivity contribution in [1.29, 1.82) is 0 Å².